The van der Waals surface area contributed by atoms with Gasteiger partial charge in [0.25, 0.3) is 0 Å². The Bertz CT molecular complexity index is 316. The van der Waals surface area contributed by atoms with Gasteiger partial charge in [-0.25, -0.2) is 0 Å². The summed E-state index contributed by atoms with van der Waals surface area (Å²) in [4.78, 5) is 0. The highest BCUT2D eigenvalue weighted by atomic mass is 14.0. The van der Waals surface area contributed by atoms with E-state index in [2.05, 4.69) is 83.2 Å². The fraction of sp³-hybridized carbons (Fsp3) is 0.545. The molecule has 0 spiro atoms. The number of benzene rings is 1. The lowest BCUT2D eigenvalue weighted by Crippen LogP contribution is -1.83. The third kappa shape index (κ3) is 23.8. The van der Waals surface area contributed by atoms with E-state index in [4.69, 9.17) is 0 Å². The Morgan fingerprint density at radius 2 is 1.05 bits per heavy atom. The van der Waals surface area contributed by atoms with Crippen molar-refractivity contribution in [2.45, 2.75) is 74.7 Å². The van der Waals surface area contributed by atoms with Crippen LogP contribution in [0.5, 0.6) is 0 Å². The van der Waals surface area contributed by atoms with Gasteiger partial charge < -0.3 is 0 Å². The molecule has 1 aliphatic carbocycles. The summed E-state index contributed by atoms with van der Waals surface area (Å²) in [5.74, 6) is 1.49. The zero-order valence-corrected chi connectivity index (χ0v) is 16.6. The van der Waals surface area contributed by atoms with Crippen molar-refractivity contribution in [1.29, 1.82) is 0 Å². The van der Waals surface area contributed by atoms with Crippen LogP contribution in [0.2, 0.25) is 0 Å². The molecule has 0 bridgehead atoms. The summed E-state index contributed by atoms with van der Waals surface area (Å²) in [6.45, 7) is 18.9. The molecule has 0 fully saturated rings. The summed E-state index contributed by atoms with van der Waals surface area (Å²) in [6.07, 6.45) is 9.50. The maximum atomic E-state index is 2.20. The Morgan fingerprint density at radius 3 is 1.23 bits per heavy atom. The highest BCUT2D eigenvalue weighted by molar-refractivity contribution is 5.17. The quantitative estimate of drug-likeness (QED) is 0.492. The van der Waals surface area contributed by atoms with Crippen LogP contribution in [0.15, 0.2) is 54.6 Å². The van der Waals surface area contributed by atoms with Gasteiger partial charge in [-0.3, -0.25) is 0 Å². The Labute approximate surface area is 141 Å². The van der Waals surface area contributed by atoms with Gasteiger partial charge in [-0.15, -0.1) is 0 Å². The van der Waals surface area contributed by atoms with Gasteiger partial charge in [-0.05, 0) is 23.8 Å². The Kier molecular flexibility index (Phi) is 25.6. The molecule has 0 nitrogen and oxygen atoms in total. The van der Waals surface area contributed by atoms with Gasteiger partial charge in [0.1, 0.15) is 0 Å². The summed E-state index contributed by atoms with van der Waals surface area (Å²) in [7, 11) is 0. The summed E-state index contributed by atoms with van der Waals surface area (Å²) >= 11 is 0. The van der Waals surface area contributed by atoms with Crippen LogP contribution in [0, 0.1) is 5.92 Å². The van der Waals surface area contributed by atoms with Crippen LogP contribution in [-0.2, 0) is 0 Å². The molecule has 0 heterocycles. The molecular formula is C22H40. The maximum absolute atomic E-state index is 2.20. The number of rotatable bonds is 1. The van der Waals surface area contributed by atoms with Gasteiger partial charge in [0.15, 0.2) is 0 Å². The van der Waals surface area contributed by atoms with Crippen molar-refractivity contribution in [3.63, 3.8) is 0 Å². The SMILES string of the molecule is C1=CCC=C1.CC.CC.CC(C)C.CC(C)c1ccccc1. The fourth-order valence-corrected chi connectivity index (χ4v) is 1.23. The fourth-order valence-electron chi connectivity index (χ4n) is 1.23. The van der Waals surface area contributed by atoms with Crippen LogP contribution < -0.4 is 0 Å². The van der Waals surface area contributed by atoms with Crippen molar-refractivity contribution in [3.8, 4) is 0 Å². The van der Waals surface area contributed by atoms with E-state index in [1.54, 1.807) is 0 Å². The van der Waals surface area contributed by atoms with Gasteiger partial charge >= 0.3 is 0 Å². The average molecular weight is 305 g/mol. The summed E-state index contributed by atoms with van der Waals surface area (Å²) in [5, 5.41) is 0. The van der Waals surface area contributed by atoms with Crippen molar-refractivity contribution in [3.05, 3.63) is 60.2 Å². The van der Waals surface area contributed by atoms with Crippen molar-refractivity contribution in [2.24, 2.45) is 5.92 Å². The van der Waals surface area contributed by atoms with Gasteiger partial charge in [0.2, 0.25) is 0 Å². The van der Waals surface area contributed by atoms with Gasteiger partial charge in [-0.2, -0.15) is 0 Å². The molecule has 0 saturated carbocycles. The molecule has 0 atom stereocenters. The normalized spacial score (nSPS) is 10.3. The third-order valence-electron chi connectivity index (χ3n) is 2.12. The van der Waals surface area contributed by atoms with E-state index in [0.29, 0.717) is 5.92 Å². The number of hydrogen-bond donors (Lipinski definition) is 0. The van der Waals surface area contributed by atoms with Crippen LogP contribution in [0.25, 0.3) is 0 Å². The third-order valence-corrected chi connectivity index (χ3v) is 2.12. The van der Waals surface area contributed by atoms with Crippen molar-refractivity contribution < 1.29 is 0 Å². The molecule has 0 aromatic heterocycles. The van der Waals surface area contributed by atoms with Crippen LogP contribution in [0.4, 0.5) is 0 Å². The molecule has 0 N–H and O–H groups in total. The average Bonchev–Trinajstić information content (AvgIpc) is 3.11. The molecule has 0 radical (unpaired) electrons. The highest BCUT2D eigenvalue weighted by Crippen LogP contribution is 2.11. The molecule has 0 unspecified atom stereocenters. The van der Waals surface area contributed by atoms with E-state index in [0.717, 1.165) is 12.3 Å². The molecule has 128 valence electrons. The summed E-state index contributed by atoms with van der Waals surface area (Å²) in [6, 6.07) is 10.5. The first-order valence-electron chi connectivity index (χ1n) is 8.90. The summed E-state index contributed by atoms with van der Waals surface area (Å²) < 4.78 is 0. The Balaban J connectivity index is -0.000000238. The summed E-state index contributed by atoms with van der Waals surface area (Å²) in [5.41, 5.74) is 1.41. The molecule has 1 aromatic rings. The van der Waals surface area contributed by atoms with Crippen LogP contribution in [-0.4, -0.2) is 0 Å². The minimum Gasteiger partial charge on any atom is -0.0808 e. The lowest BCUT2D eigenvalue weighted by molar-refractivity contribution is 0.737. The minimum atomic E-state index is 0.659. The van der Waals surface area contributed by atoms with Crippen LogP contribution in [0.1, 0.15) is 80.2 Å². The van der Waals surface area contributed by atoms with Gasteiger partial charge in [0, 0.05) is 0 Å². The molecule has 1 aromatic carbocycles. The second kappa shape index (κ2) is 22.0. The number of allylic oxidation sites excluding steroid dienone is 4. The smallest absolute Gasteiger partial charge is 0.0163 e. The lowest BCUT2D eigenvalue weighted by atomic mass is 10.0. The monoisotopic (exact) mass is 304 g/mol. The molecule has 22 heavy (non-hydrogen) atoms. The van der Waals surface area contributed by atoms with E-state index in [1.165, 1.54) is 5.56 Å². The molecule has 0 amide bonds. The minimum absolute atomic E-state index is 0.659. The molecule has 1 aliphatic rings. The van der Waals surface area contributed by atoms with Crippen LogP contribution >= 0.6 is 0 Å². The van der Waals surface area contributed by atoms with Gasteiger partial charge in [0.05, 0.1) is 0 Å². The first kappa shape index (κ1) is 25.6. The van der Waals surface area contributed by atoms with E-state index in [-0.39, 0.29) is 0 Å². The molecule has 0 aliphatic heterocycles. The molecular weight excluding hydrogens is 264 g/mol. The molecule has 0 saturated heterocycles. The zero-order chi connectivity index (χ0) is 17.8. The first-order chi connectivity index (χ1) is 10.5. The topological polar surface area (TPSA) is 0 Å². The molecule has 2 rings (SSSR count). The van der Waals surface area contributed by atoms with Crippen molar-refractivity contribution >= 4 is 0 Å². The zero-order valence-electron chi connectivity index (χ0n) is 16.6. The first-order valence-corrected chi connectivity index (χ1v) is 8.90. The second-order valence-electron chi connectivity index (χ2n) is 5.39. The van der Waals surface area contributed by atoms with Crippen molar-refractivity contribution in [2.75, 3.05) is 0 Å². The standard InChI is InChI=1S/C9H12.C5H6.C4H10.2C2H6/c1-8(2)9-6-4-3-5-7-9;1-2-4-5-3-1;1-4(2)3;2*1-2/h3-8H,1-2H3;1-4H,5H2;4H,1-3H3;2*1-2H3. The highest BCUT2D eigenvalue weighted by Gasteiger charge is 1.93. The van der Waals surface area contributed by atoms with Crippen LogP contribution in [0.3, 0.4) is 0 Å². The number of hydrogen-bond acceptors (Lipinski definition) is 0. The van der Waals surface area contributed by atoms with E-state index >= 15 is 0 Å². The Hall–Kier alpha value is -1.30. The molecule has 0 heteroatoms. The van der Waals surface area contributed by atoms with E-state index in [9.17, 15) is 0 Å². The maximum Gasteiger partial charge on any atom is -0.0163 e. The van der Waals surface area contributed by atoms with E-state index in [1.807, 2.05) is 33.8 Å². The van der Waals surface area contributed by atoms with E-state index < -0.39 is 0 Å². The largest absolute Gasteiger partial charge is 0.0808 e. The van der Waals surface area contributed by atoms with Crippen molar-refractivity contribution in [1.82, 2.24) is 0 Å². The second-order valence-corrected chi connectivity index (χ2v) is 5.39. The predicted molar refractivity (Wildman–Crippen MR) is 107 cm³/mol. The Morgan fingerprint density at radius 1 is 0.682 bits per heavy atom. The predicted octanol–water partition coefficient (Wildman–Crippen LogP) is 8.03. The lowest BCUT2D eigenvalue weighted by Gasteiger charge is -2.01. The van der Waals surface area contributed by atoms with Gasteiger partial charge in [-0.1, -0.05) is 117 Å².